The third kappa shape index (κ3) is 6.44. The van der Waals surface area contributed by atoms with E-state index in [2.05, 4.69) is 21.2 Å². The van der Waals surface area contributed by atoms with E-state index >= 15 is 0 Å². The molecule has 0 unspecified atom stereocenters. The monoisotopic (exact) mass is 594 g/mol. The van der Waals surface area contributed by atoms with Crippen LogP contribution in [0.15, 0.2) is 58.8 Å². The number of nitrogens with one attached hydrogen (secondary N) is 3. The van der Waals surface area contributed by atoms with Gasteiger partial charge in [-0.1, -0.05) is 18.2 Å². The second kappa shape index (κ2) is 11.8. The highest BCUT2D eigenvalue weighted by atomic mass is 127. The molecule has 0 radical (unpaired) electrons. The summed E-state index contributed by atoms with van der Waals surface area (Å²) in [5, 5.41) is 19.9. The van der Waals surface area contributed by atoms with Crippen molar-refractivity contribution in [3.63, 3.8) is 0 Å². The van der Waals surface area contributed by atoms with Gasteiger partial charge in [0.25, 0.3) is 5.91 Å². The molecule has 2 aromatic carbocycles. The smallest absolute Gasteiger partial charge is 0.338 e. The molecule has 0 fully saturated rings. The Morgan fingerprint density at radius 1 is 1.29 bits per heavy atom. The number of phenolic OH excluding ortho intramolecular Hbond substituents is 1. The van der Waals surface area contributed by atoms with Crippen molar-refractivity contribution in [1.82, 2.24) is 16.1 Å². The first-order valence-electron chi connectivity index (χ1n) is 10.3. The molecule has 2 aromatic rings. The average Bonchev–Trinajstić information content (AvgIpc) is 2.80. The summed E-state index contributed by atoms with van der Waals surface area (Å²) in [5.41, 5.74) is 4.71. The van der Waals surface area contributed by atoms with Crippen molar-refractivity contribution in [1.29, 1.82) is 0 Å². The van der Waals surface area contributed by atoms with Crippen molar-refractivity contribution in [2.75, 3.05) is 13.2 Å². The van der Waals surface area contributed by atoms with Gasteiger partial charge in [0.15, 0.2) is 11.7 Å². The molecule has 1 atom stereocenters. The molecule has 1 aliphatic heterocycles. The number of carbonyl (C=O) groups excluding carboxylic acids is 2. The summed E-state index contributed by atoms with van der Waals surface area (Å²) >= 11 is 7.27. The number of hydrogen-bond donors (Lipinski definition) is 4. The van der Waals surface area contributed by atoms with Crippen LogP contribution < -0.4 is 20.8 Å². The molecular weight excluding hydrogens is 571 g/mol. The van der Waals surface area contributed by atoms with Gasteiger partial charge in [-0.05, 0) is 78.5 Å². The molecule has 0 bridgehead atoms. The number of para-hydroxylation sites is 1. The van der Waals surface area contributed by atoms with E-state index in [1.165, 1.54) is 6.21 Å². The maximum Gasteiger partial charge on any atom is 0.338 e. The Bertz CT molecular complexity index is 1170. The third-order valence-electron chi connectivity index (χ3n) is 4.73. The summed E-state index contributed by atoms with van der Waals surface area (Å²) < 4.78 is 11.6. The average molecular weight is 594 g/mol. The Labute approximate surface area is 215 Å². The predicted octanol–water partition coefficient (Wildman–Crippen LogP) is 2.88. The number of aromatic hydroxyl groups is 1. The SMILES string of the molecule is CCOC(=O)C1=C(C)NC(=S)N[C@@H]1c1ccccc1OCC(=O)NN=Cc1ccc(O)c(I)c1. The number of amides is 1. The van der Waals surface area contributed by atoms with Crippen LogP contribution in [0.3, 0.4) is 0 Å². The van der Waals surface area contributed by atoms with Crippen molar-refractivity contribution in [2.24, 2.45) is 5.10 Å². The van der Waals surface area contributed by atoms with Crippen molar-refractivity contribution < 1.29 is 24.2 Å². The molecule has 9 nitrogen and oxygen atoms in total. The van der Waals surface area contributed by atoms with E-state index in [0.29, 0.717) is 31.3 Å². The van der Waals surface area contributed by atoms with Crippen LogP contribution in [-0.2, 0) is 14.3 Å². The lowest BCUT2D eigenvalue weighted by molar-refractivity contribution is -0.139. The van der Waals surface area contributed by atoms with Crippen molar-refractivity contribution in [3.05, 3.63) is 68.4 Å². The van der Waals surface area contributed by atoms with Crippen LogP contribution >= 0.6 is 34.8 Å². The first kappa shape index (κ1) is 25.4. The highest BCUT2D eigenvalue weighted by Crippen LogP contribution is 2.33. The number of benzene rings is 2. The van der Waals surface area contributed by atoms with Gasteiger partial charge in [0.05, 0.1) is 28.0 Å². The fraction of sp³-hybridized carbons (Fsp3) is 0.217. The zero-order valence-corrected chi connectivity index (χ0v) is 21.4. The maximum atomic E-state index is 12.6. The molecule has 1 amide bonds. The Morgan fingerprint density at radius 2 is 2.06 bits per heavy atom. The third-order valence-corrected chi connectivity index (χ3v) is 5.81. The van der Waals surface area contributed by atoms with E-state index in [9.17, 15) is 14.7 Å². The molecule has 0 saturated heterocycles. The number of thiocarbonyl (C=S) groups is 1. The van der Waals surface area contributed by atoms with Gasteiger partial charge in [-0.3, -0.25) is 4.79 Å². The van der Waals surface area contributed by atoms with Crippen LogP contribution in [0, 0.1) is 3.57 Å². The van der Waals surface area contributed by atoms with Crippen LogP contribution in [0.1, 0.15) is 31.0 Å². The maximum absolute atomic E-state index is 12.6. The molecular formula is C23H23IN4O5S. The molecule has 11 heteroatoms. The molecule has 0 aliphatic carbocycles. The van der Waals surface area contributed by atoms with Crippen LogP contribution in [0.2, 0.25) is 0 Å². The minimum absolute atomic E-state index is 0.175. The van der Waals surface area contributed by atoms with Crippen LogP contribution in [0.25, 0.3) is 0 Å². The number of hydrogen-bond acceptors (Lipinski definition) is 7. The number of halogens is 1. The van der Waals surface area contributed by atoms with Gasteiger partial charge in [-0.2, -0.15) is 5.10 Å². The summed E-state index contributed by atoms with van der Waals surface area (Å²) in [6.07, 6.45) is 1.46. The number of rotatable bonds is 8. The van der Waals surface area contributed by atoms with Crippen LogP contribution in [-0.4, -0.2) is 41.5 Å². The van der Waals surface area contributed by atoms with Crippen LogP contribution in [0.4, 0.5) is 0 Å². The van der Waals surface area contributed by atoms with Gasteiger partial charge >= 0.3 is 5.97 Å². The second-order valence-corrected chi connectivity index (χ2v) is 8.69. The first-order chi connectivity index (χ1) is 16.3. The minimum Gasteiger partial charge on any atom is -0.507 e. The Balaban J connectivity index is 1.71. The fourth-order valence-corrected chi connectivity index (χ4v) is 4.03. The molecule has 0 spiro atoms. The lowest BCUT2D eigenvalue weighted by Gasteiger charge is -2.30. The molecule has 0 aromatic heterocycles. The van der Waals surface area contributed by atoms with Crippen molar-refractivity contribution in [3.8, 4) is 11.5 Å². The van der Waals surface area contributed by atoms with Crippen molar-refractivity contribution in [2.45, 2.75) is 19.9 Å². The lowest BCUT2D eigenvalue weighted by atomic mass is 9.95. The number of phenols is 1. The van der Waals surface area contributed by atoms with Gasteiger partial charge in [0, 0.05) is 11.3 Å². The van der Waals surface area contributed by atoms with Gasteiger partial charge < -0.3 is 25.2 Å². The normalized spacial score (nSPS) is 15.5. The summed E-state index contributed by atoms with van der Waals surface area (Å²) in [4.78, 5) is 24.9. The molecule has 34 heavy (non-hydrogen) atoms. The van der Waals surface area contributed by atoms with Crippen molar-refractivity contribution >= 4 is 58.0 Å². The quantitative estimate of drug-likeness (QED) is 0.121. The van der Waals surface area contributed by atoms with Gasteiger partial charge in [-0.25, -0.2) is 10.2 Å². The molecule has 1 aliphatic rings. The van der Waals surface area contributed by atoms with Gasteiger partial charge in [0.1, 0.15) is 11.5 Å². The van der Waals surface area contributed by atoms with E-state index < -0.39 is 17.9 Å². The zero-order valence-electron chi connectivity index (χ0n) is 18.4. The molecule has 3 rings (SSSR count). The Kier molecular flexibility index (Phi) is 8.82. The number of ether oxygens (including phenoxy) is 2. The van der Waals surface area contributed by atoms with E-state index in [1.807, 2.05) is 22.6 Å². The number of hydrazone groups is 1. The summed E-state index contributed by atoms with van der Waals surface area (Å²) in [5.74, 6) is -0.357. The summed E-state index contributed by atoms with van der Waals surface area (Å²) in [7, 11) is 0. The van der Waals surface area contributed by atoms with E-state index in [1.54, 1.807) is 56.3 Å². The topological polar surface area (TPSA) is 121 Å². The van der Waals surface area contributed by atoms with E-state index in [-0.39, 0.29) is 19.0 Å². The Morgan fingerprint density at radius 3 is 2.79 bits per heavy atom. The Hall–Kier alpha value is -3.19. The van der Waals surface area contributed by atoms with Gasteiger partial charge in [-0.15, -0.1) is 0 Å². The zero-order chi connectivity index (χ0) is 24.7. The van der Waals surface area contributed by atoms with Crippen LogP contribution in [0.5, 0.6) is 11.5 Å². The highest BCUT2D eigenvalue weighted by Gasteiger charge is 2.32. The number of nitrogens with zero attached hydrogens (tertiary/aromatic N) is 1. The second-order valence-electron chi connectivity index (χ2n) is 7.12. The largest absolute Gasteiger partial charge is 0.507 e. The summed E-state index contributed by atoms with van der Waals surface area (Å²) in [6.45, 7) is 3.41. The molecule has 1 heterocycles. The first-order valence-corrected chi connectivity index (χ1v) is 11.8. The van der Waals surface area contributed by atoms with Gasteiger partial charge in [0.2, 0.25) is 0 Å². The van der Waals surface area contributed by atoms with E-state index in [0.717, 1.165) is 5.56 Å². The standard InChI is InChI=1S/C23H23IN4O5S/c1-3-32-22(31)20-13(2)26-23(34)27-21(20)15-6-4-5-7-18(15)33-12-19(30)28-25-11-14-8-9-17(29)16(24)10-14/h4-11,21,29H,3,12H2,1-2H3,(H,28,30)(H2,26,27,34)/t21-/m1/s1. The summed E-state index contributed by atoms with van der Waals surface area (Å²) in [6, 6.07) is 11.4. The minimum atomic E-state index is -0.609. The predicted molar refractivity (Wildman–Crippen MR) is 139 cm³/mol. The number of carbonyl (C=O) groups is 2. The highest BCUT2D eigenvalue weighted by molar-refractivity contribution is 14.1. The number of esters is 1. The number of allylic oxidation sites excluding steroid dienone is 1. The molecule has 178 valence electrons. The van der Waals surface area contributed by atoms with E-state index in [4.69, 9.17) is 21.7 Å². The lowest BCUT2D eigenvalue weighted by Crippen LogP contribution is -2.45. The fourth-order valence-electron chi connectivity index (χ4n) is 3.21. The molecule has 4 N–H and O–H groups in total. The molecule has 0 saturated carbocycles.